The Morgan fingerprint density at radius 1 is 1.29 bits per heavy atom. The molecule has 0 unspecified atom stereocenters. The number of carbonyl (C=O) groups excluding carboxylic acids is 1. The van der Waals surface area contributed by atoms with Gasteiger partial charge in [0.1, 0.15) is 0 Å². The van der Waals surface area contributed by atoms with Gasteiger partial charge in [0.2, 0.25) is 11.8 Å². The summed E-state index contributed by atoms with van der Waals surface area (Å²) in [5.41, 5.74) is 0.544. The fourth-order valence-corrected chi connectivity index (χ4v) is 3.40. The van der Waals surface area contributed by atoms with Gasteiger partial charge in [-0.15, -0.1) is 5.10 Å². The molecule has 1 amide bonds. The molecule has 148 valence electrons. The Kier molecular flexibility index (Phi) is 6.45. The first-order chi connectivity index (χ1) is 13.5. The summed E-state index contributed by atoms with van der Waals surface area (Å²) in [5, 5.41) is 11.4. The van der Waals surface area contributed by atoms with Crippen LogP contribution in [0.3, 0.4) is 0 Å². The topological polar surface area (TPSA) is 103 Å². The van der Waals surface area contributed by atoms with Crippen molar-refractivity contribution in [1.29, 1.82) is 0 Å². The first kappa shape index (κ1) is 20.1. The highest BCUT2D eigenvalue weighted by Gasteiger charge is 2.15. The average molecular weight is 401 g/mol. The van der Waals surface area contributed by atoms with Gasteiger partial charge in [0, 0.05) is 12.5 Å². The highest BCUT2D eigenvalue weighted by atomic mass is 32.2. The molecule has 0 aliphatic rings. The van der Waals surface area contributed by atoms with E-state index in [1.807, 2.05) is 26.0 Å². The smallest absolute Gasteiger partial charge is 0.322 e. The van der Waals surface area contributed by atoms with E-state index >= 15 is 0 Å². The second-order valence-corrected chi connectivity index (χ2v) is 7.60. The molecule has 1 N–H and O–H groups in total. The van der Waals surface area contributed by atoms with Crippen molar-refractivity contribution in [2.45, 2.75) is 51.2 Å². The fraction of sp³-hybridized carbons (Fsp3) is 0.421. The zero-order valence-electron chi connectivity index (χ0n) is 16.1. The molecule has 2 aromatic heterocycles. The predicted molar refractivity (Wildman–Crippen MR) is 109 cm³/mol. The van der Waals surface area contributed by atoms with Gasteiger partial charge in [-0.05, 0) is 18.6 Å². The molecule has 0 aliphatic heterocycles. The van der Waals surface area contributed by atoms with Crippen molar-refractivity contribution < 1.29 is 9.21 Å². The minimum atomic E-state index is -0.298. The van der Waals surface area contributed by atoms with Crippen LogP contribution < -0.4 is 10.9 Å². The lowest BCUT2D eigenvalue weighted by Gasteiger charge is -2.12. The summed E-state index contributed by atoms with van der Waals surface area (Å²) in [4.78, 5) is 29.7. The third-order valence-electron chi connectivity index (χ3n) is 4.08. The molecule has 3 rings (SSSR count). The second-order valence-electron chi connectivity index (χ2n) is 6.66. The lowest BCUT2D eigenvalue weighted by molar-refractivity contribution is -0.113. The monoisotopic (exact) mass is 401 g/mol. The van der Waals surface area contributed by atoms with Crippen molar-refractivity contribution in [2.24, 2.45) is 0 Å². The van der Waals surface area contributed by atoms with Gasteiger partial charge >= 0.3 is 6.01 Å². The zero-order chi connectivity index (χ0) is 20.1. The maximum atomic E-state index is 12.8. The summed E-state index contributed by atoms with van der Waals surface area (Å²) in [6.45, 7) is 6.49. The van der Waals surface area contributed by atoms with Crippen molar-refractivity contribution >= 4 is 34.6 Å². The van der Waals surface area contributed by atoms with Crippen molar-refractivity contribution in [3.63, 3.8) is 0 Å². The number of carbonyl (C=O) groups is 1. The number of nitrogens with zero attached hydrogens (tertiary/aromatic N) is 4. The maximum Gasteiger partial charge on any atom is 0.322 e. The van der Waals surface area contributed by atoms with Crippen LogP contribution in [0.1, 0.15) is 45.4 Å². The standard InChI is InChI=1S/C19H23N5O3S/c1-4-5-10-24-17(26)13-8-6-7-9-14(13)20-19(24)28-11-15(25)21-18-23-22-16(27-18)12(2)3/h6-9,12H,4-5,10-11H2,1-3H3,(H,21,23,25). The zero-order valence-corrected chi connectivity index (χ0v) is 17.0. The normalized spacial score (nSPS) is 11.3. The lowest BCUT2D eigenvalue weighted by atomic mass is 10.2. The minimum absolute atomic E-state index is 0.0733. The number of hydrogen-bond donors (Lipinski definition) is 1. The number of fused-ring (bicyclic) bond motifs is 1. The lowest BCUT2D eigenvalue weighted by Crippen LogP contribution is -2.24. The average Bonchev–Trinajstić information content (AvgIpc) is 3.14. The van der Waals surface area contributed by atoms with E-state index in [1.165, 1.54) is 11.8 Å². The quantitative estimate of drug-likeness (QED) is 0.455. The molecule has 0 saturated heterocycles. The molecule has 1 aromatic carbocycles. The first-order valence-electron chi connectivity index (χ1n) is 9.25. The van der Waals surface area contributed by atoms with E-state index < -0.39 is 0 Å². The molecule has 9 heteroatoms. The van der Waals surface area contributed by atoms with Gasteiger partial charge in [0.05, 0.1) is 16.7 Å². The molecule has 28 heavy (non-hydrogen) atoms. The summed E-state index contributed by atoms with van der Waals surface area (Å²) in [6, 6.07) is 7.32. The summed E-state index contributed by atoms with van der Waals surface area (Å²) in [6.07, 6.45) is 1.82. The fourth-order valence-electron chi connectivity index (χ4n) is 2.58. The summed E-state index contributed by atoms with van der Waals surface area (Å²) in [5.74, 6) is 0.333. The molecule has 0 spiro atoms. The number of benzene rings is 1. The van der Waals surface area contributed by atoms with Gasteiger partial charge in [-0.1, -0.05) is 56.2 Å². The molecule has 0 aliphatic carbocycles. The molecule has 0 atom stereocenters. The largest absolute Gasteiger partial charge is 0.408 e. The number of rotatable bonds is 8. The minimum Gasteiger partial charge on any atom is -0.408 e. The molecule has 3 aromatic rings. The first-order valence-corrected chi connectivity index (χ1v) is 10.2. The van der Waals surface area contributed by atoms with Crippen molar-refractivity contribution in [3.8, 4) is 0 Å². The van der Waals surface area contributed by atoms with Crippen LogP contribution in [0.15, 0.2) is 38.6 Å². The van der Waals surface area contributed by atoms with Crippen LogP contribution >= 0.6 is 11.8 Å². The molecule has 0 saturated carbocycles. The van der Waals surface area contributed by atoms with Crippen molar-refractivity contribution in [3.05, 3.63) is 40.5 Å². The van der Waals surface area contributed by atoms with Gasteiger partial charge in [-0.25, -0.2) is 4.98 Å². The van der Waals surface area contributed by atoms with Crippen LogP contribution in [0.25, 0.3) is 10.9 Å². The molecular formula is C19H23N5O3S. The van der Waals surface area contributed by atoms with Crippen LogP contribution in [-0.4, -0.2) is 31.4 Å². The van der Waals surface area contributed by atoms with Gasteiger partial charge in [0.15, 0.2) is 5.16 Å². The third kappa shape index (κ3) is 4.59. The van der Waals surface area contributed by atoms with E-state index in [-0.39, 0.29) is 29.2 Å². The van der Waals surface area contributed by atoms with Crippen LogP contribution in [0.5, 0.6) is 0 Å². The third-order valence-corrected chi connectivity index (χ3v) is 5.05. The number of unbranched alkanes of at least 4 members (excludes halogenated alkanes) is 1. The Morgan fingerprint density at radius 3 is 2.79 bits per heavy atom. The van der Waals surface area contributed by atoms with Gasteiger partial charge in [-0.2, -0.15) is 0 Å². The molecule has 0 fully saturated rings. The Bertz CT molecular complexity index is 1030. The molecule has 2 heterocycles. The molecule has 8 nitrogen and oxygen atoms in total. The van der Waals surface area contributed by atoms with Gasteiger partial charge in [-0.3, -0.25) is 19.5 Å². The Morgan fingerprint density at radius 2 is 2.07 bits per heavy atom. The molecule has 0 bridgehead atoms. The van der Waals surface area contributed by atoms with Crippen LogP contribution in [-0.2, 0) is 11.3 Å². The Balaban J connectivity index is 1.76. The van der Waals surface area contributed by atoms with E-state index in [1.54, 1.807) is 16.7 Å². The highest BCUT2D eigenvalue weighted by molar-refractivity contribution is 7.99. The van der Waals surface area contributed by atoms with E-state index in [2.05, 4.69) is 27.4 Å². The van der Waals surface area contributed by atoms with Crippen molar-refractivity contribution in [2.75, 3.05) is 11.1 Å². The number of hydrogen-bond acceptors (Lipinski definition) is 7. The Hall–Kier alpha value is -2.68. The summed E-state index contributed by atoms with van der Waals surface area (Å²) < 4.78 is 7.03. The molecular weight excluding hydrogens is 378 g/mol. The maximum absolute atomic E-state index is 12.8. The SMILES string of the molecule is CCCCn1c(SCC(=O)Nc2nnc(C(C)C)o2)nc2ccccc2c1=O. The Labute approximate surface area is 166 Å². The van der Waals surface area contributed by atoms with E-state index in [0.29, 0.717) is 28.5 Å². The number of amides is 1. The number of aromatic nitrogens is 4. The summed E-state index contributed by atoms with van der Waals surface area (Å²) >= 11 is 1.22. The van der Waals surface area contributed by atoms with Gasteiger partial charge < -0.3 is 4.42 Å². The number of anilines is 1. The predicted octanol–water partition coefficient (Wildman–Crippen LogP) is 3.43. The van der Waals surface area contributed by atoms with Gasteiger partial charge in [0.25, 0.3) is 5.56 Å². The van der Waals surface area contributed by atoms with Crippen LogP contribution in [0.4, 0.5) is 6.01 Å². The van der Waals surface area contributed by atoms with Crippen LogP contribution in [0, 0.1) is 0 Å². The number of para-hydroxylation sites is 1. The second kappa shape index (κ2) is 9.01. The van der Waals surface area contributed by atoms with E-state index in [0.717, 1.165) is 12.8 Å². The number of thioether (sulfide) groups is 1. The van der Waals surface area contributed by atoms with E-state index in [4.69, 9.17) is 4.42 Å². The summed E-state index contributed by atoms with van der Waals surface area (Å²) in [7, 11) is 0. The van der Waals surface area contributed by atoms with E-state index in [9.17, 15) is 9.59 Å². The molecule has 0 radical (unpaired) electrons. The van der Waals surface area contributed by atoms with Crippen molar-refractivity contribution in [1.82, 2.24) is 19.7 Å². The van der Waals surface area contributed by atoms with Crippen LogP contribution in [0.2, 0.25) is 0 Å². The number of nitrogens with one attached hydrogen (secondary N) is 1. The highest BCUT2D eigenvalue weighted by Crippen LogP contribution is 2.19.